The Kier molecular flexibility index (Phi) is 6.08. The maximum absolute atomic E-state index is 12.0. The molecule has 134 valence electrons. The number of thioether (sulfide) groups is 1. The summed E-state index contributed by atoms with van der Waals surface area (Å²) in [5, 5.41) is 15.2. The lowest BCUT2D eigenvalue weighted by Crippen LogP contribution is -2.14. The molecule has 0 fully saturated rings. The third-order valence-electron chi connectivity index (χ3n) is 3.61. The maximum atomic E-state index is 12.0. The summed E-state index contributed by atoms with van der Waals surface area (Å²) >= 11 is 8.66. The van der Waals surface area contributed by atoms with Crippen molar-refractivity contribution < 1.29 is 4.79 Å². The van der Waals surface area contributed by atoms with Gasteiger partial charge < -0.3 is 10.6 Å². The molecule has 0 radical (unpaired) electrons. The van der Waals surface area contributed by atoms with Crippen molar-refractivity contribution in [3.63, 3.8) is 0 Å². The first-order chi connectivity index (χ1) is 12.5. The van der Waals surface area contributed by atoms with E-state index in [9.17, 15) is 4.79 Å². The summed E-state index contributed by atoms with van der Waals surface area (Å²) in [5.74, 6) is 0.0349. The summed E-state index contributed by atoms with van der Waals surface area (Å²) in [7, 11) is 0. The lowest BCUT2D eigenvalue weighted by atomic mass is 10.1. The number of pyridine rings is 1. The van der Waals surface area contributed by atoms with Gasteiger partial charge in [0.05, 0.1) is 11.4 Å². The highest BCUT2D eigenvalue weighted by atomic mass is 35.5. The zero-order valence-electron chi connectivity index (χ0n) is 14.1. The molecular weight excluding hydrogens is 390 g/mol. The van der Waals surface area contributed by atoms with Crippen LogP contribution in [0.5, 0.6) is 0 Å². The summed E-state index contributed by atoms with van der Waals surface area (Å²) in [4.78, 5) is 16.0. The van der Waals surface area contributed by atoms with Crippen molar-refractivity contribution in [3.05, 3.63) is 52.8 Å². The highest BCUT2D eigenvalue weighted by Gasteiger charge is 2.11. The van der Waals surface area contributed by atoms with Gasteiger partial charge in [0.15, 0.2) is 9.49 Å². The molecule has 0 saturated heterocycles. The molecule has 1 aromatic carbocycles. The van der Waals surface area contributed by atoms with Crippen molar-refractivity contribution in [1.82, 2.24) is 15.2 Å². The number of aromatic nitrogens is 3. The third kappa shape index (κ3) is 4.72. The molecular formula is C17H16ClN5OS2. The molecule has 0 atom stereocenters. The fourth-order valence-electron chi connectivity index (χ4n) is 2.11. The molecule has 2 aromatic heterocycles. The Hall–Kier alpha value is -2.16. The van der Waals surface area contributed by atoms with Crippen LogP contribution in [0.1, 0.15) is 11.1 Å². The predicted molar refractivity (Wildman–Crippen MR) is 108 cm³/mol. The molecule has 0 aliphatic carbocycles. The van der Waals surface area contributed by atoms with Crippen LogP contribution >= 0.6 is 34.7 Å². The molecule has 3 rings (SSSR count). The van der Waals surface area contributed by atoms with Gasteiger partial charge in [-0.1, -0.05) is 46.8 Å². The maximum Gasteiger partial charge on any atom is 0.234 e. The number of nitrogens with one attached hydrogen (secondary N) is 2. The highest BCUT2D eigenvalue weighted by molar-refractivity contribution is 8.01. The first-order valence-corrected chi connectivity index (χ1v) is 9.91. The first-order valence-electron chi connectivity index (χ1n) is 7.73. The number of hydrogen-bond acceptors (Lipinski definition) is 7. The normalized spacial score (nSPS) is 10.6. The zero-order chi connectivity index (χ0) is 18.5. The van der Waals surface area contributed by atoms with E-state index in [1.54, 1.807) is 18.3 Å². The van der Waals surface area contributed by atoms with Gasteiger partial charge in [-0.05, 0) is 43.2 Å². The van der Waals surface area contributed by atoms with Crippen molar-refractivity contribution in [2.75, 3.05) is 16.4 Å². The molecule has 9 heteroatoms. The average Bonchev–Trinajstić information content (AvgIpc) is 3.07. The number of halogens is 1. The topological polar surface area (TPSA) is 79.8 Å². The van der Waals surface area contributed by atoms with Crippen molar-refractivity contribution in [1.29, 1.82) is 0 Å². The minimum absolute atomic E-state index is 0.177. The third-order valence-corrected chi connectivity index (χ3v) is 5.89. The molecule has 0 saturated carbocycles. The van der Waals surface area contributed by atoms with Gasteiger partial charge in [-0.3, -0.25) is 4.79 Å². The minimum Gasteiger partial charge on any atom is -0.330 e. The molecule has 0 aliphatic rings. The van der Waals surface area contributed by atoms with Gasteiger partial charge in [-0.25, -0.2) is 4.98 Å². The minimum atomic E-state index is -0.177. The fourth-order valence-corrected chi connectivity index (χ4v) is 3.84. The van der Waals surface area contributed by atoms with Crippen LogP contribution in [0.2, 0.25) is 5.15 Å². The van der Waals surface area contributed by atoms with Gasteiger partial charge in [0.1, 0.15) is 0 Å². The van der Waals surface area contributed by atoms with E-state index in [2.05, 4.69) is 45.7 Å². The fraction of sp³-hybridized carbons (Fsp3) is 0.176. The Bertz CT molecular complexity index is 931. The summed E-state index contributed by atoms with van der Waals surface area (Å²) in [6, 6.07) is 9.48. The first kappa shape index (κ1) is 18.6. The number of amides is 1. The van der Waals surface area contributed by atoms with Crippen molar-refractivity contribution >= 4 is 57.1 Å². The van der Waals surface area contributed by atoms with E-state index in [1.807, 2.05) is 12.1 Å². The Balaban J connectivity index is 1.56. The number of carbonyl (C=O) groups excluding carboxylic acids is 1. The Morgan fingerprint density at radius 1 is 1.19 bits per heavy atom. The number of hydrogen-bond donors (Lipinski definition) is 2. The SMILES string of the molecule is Cc1cccc(Nc2nnc(SCC(=O)Nc3cccnc3Cl)s2)c1C. The summed E-state index contributed by atoms with van der Waals surface area (Å²) in [5.41, 5.74) is 3.88. The van der Waals surface area contributed by atoms with Crippen LogP contribution in [0.15, 0.2) is 40.9 Å². The second kappa shape index (κ2) is 8.48. The molecule has 26 heavy (non-hydrogen) atoms. The van der Waals surface area contributed by atoms with E-state index < -0.39 is 0 Å². The van der Waals surface area contributed by atoms with Gasteiger partial charge in [0, 0.05) is 11.9 Å². The van der Waals surface area contributed by atoms with Gasteiger partial charge in [0.2, 0.25) is 11.0 Å². The number of anilines is 3. The standard InChI is InChI=1S/C17H16ClN5OS2/c1-10-5-3-6-12(11(10)2)21-16-22-23-17(26-16)25-9-14(24)20-13-7-4-8-19-15(13)18/h3-8H,9H2,1-2H3,(H,20,24)(H,21,22). The van der Waals surface area contributed by atoms with E-state index in [4.69, 9.17) is 11.6 Å². The van der Waals surface area contributed by atoms with E-state index in [0.29, 0.717) is 15.2 Å². The van der Waals surface area contributed by atoms with Gasteiger partial charge in [-0.15, -0.1) is 10.2 Å². The second-order valence-corrected chi connectivity index (χ2v) is 7.98. The van der Waals surface area contributed by atoms with Gasteiger partial charge in [-0.2, -0.15) is 0 Å². The number of rotatable bonds is 6. The van der Waals surface area contributed by atoms with E-state index in [1.165, 1.54) is 34.2 Å². The quantitative estimate of drug-likeness (QED) is 0.458. The summed E-state index contributed by atoms with van der Waals surface area (Å²) in [6.45, 7) is 4.12. The Labute approximate surface area is 164 Å². The zero-order valence-corrected chi connectivity index (χ0v) is 16.5. The highest BCUT2D eigenvalue weighted by Crippen LogP contribution is 2.29. The van der Waals surface area contributed by atoms with E-state index in [0.717, 1.165) is 5.69 Å². The van der Waals surface area contributed by atoms with E-state index in [-0.39, 0.29) is 16.8 Å². The van der Waals surface area contributed by atoms with Gasteiger partial charge >= 0.3 is 0 Å². The monoisotopic (exact) mass is 405 g/mol. The molecule has 1 amide bonds. The lowest BCUT2D eigenvalue weighted by Gasteiger charge is -2.08. The smallest absolute Gasteiger partial charge is 0.234 e. The summed E-state index contributed by atoms with van der Waals surface area (Å²) in [6.07, 6.45) is 1.57. The van der Waals surface area contributed by atoms with Crippen molar-refractivity contribution in [2.24, 2.45) is 0 Å². The molecule has 0 unspecified atom stereocenters. The largest absolute Gasteiger partial charge is 0.330 e. The number of nitrogens with zero attached hydrogens (tertiary/aromatic N) is 3. The van der Waals surface area contributed by atoms with E-state index >= 15 is 0 Å². The molecule has 0 aliphatic heterocycles. The molecule has 0 bridgehead atoms. The number of carbonyl (C=O) groups is 1. The van der Waals surface area contributed by atoms with Crippen LogP contribution in [0.3, 0.4) is 0 Å². The Morgan fingerprint density at radius 3 is 2.81 bits per heavy atom. The van der Waals surface area contributed by atoms with Crippen LogP contribution < -0.4 is 10.6 Å². The molecule has 6 nitrogen and oxygen atoms in total. The van der Waals surface area contributed by atoms with Crippen LogP contribution in [0, 0.1) is 13.8 Å². The van der Waals surface area contributed by atoms with Crippen LogP contribution in [-0.2, 0) is 4.79 Å². The number of aryl methyl sites for hydroxylation is 1. The summed E-state index contributed by atoms with van der Waals surface area (Å²) < 4.78 is 0.713. The van der Waals surface area contributed by atoms with Crippen LogP contribution in [0.25, 0.3) is 0 Å². The molecule has 2 N–H and O–H groups in total. The van der Waals surface area contributed by atoms with Gasteiger partial charge in [0.25, 0.3) is 0 Å². The van der Waals surface area contributed by atoms with Crippen molar-refractivity contribution in [2.45, 2.75) is 18.2 Å². The second-order valence-electron chi connectivity index (χ2n) is 5.42. The van der Waals surface area contributed by atoms with Crippen LogP contribution in [-0.4, -0.2) is 26.8 Å². The molecule has 2 heterocycles. The molecule has 3 aromatic rings. The lowest BCUT2D eigenvalue weighted by molar-refractivity contribution is -0.113. The van der Waals surface area contributed by atoms with Crippen LogP contribution in [0.4, 0.5) is 16.5 Å². The predicted octanol–water partition coefficient (Wildman–Crippen LogP) is 4.68. The van der Waals surface area contributed by atoms with Crippen molar-refractivity contribution in [3.8, 4) is 0 Å². The molecule has 0 spiro atoms. The number of benzene rings is 1. The Morgan fingerprint density at radius 2 is 2.00 bits per heavy atom. The average molecular weight is 406 g/mol.